The smallest absolute Gasteiger partial charge is 0.328 e. The zero-order valence-electron chi connectivity index (χ0n) is 10.1. The highest BCUT2D eigenvalue weighted by molar-refractivity contribution is 5.89. The summed E-state index contributed by atoms with van der Waals surface area (Å²) >= 11 is 0. The molecular weight excluding hydrogens is 202 g/mol. The Hall–Kier alpha value is -1.77. The Morgan fingerprint density at radius 3 is 2.44 bits per heavy atom. The van der Waals surface area contributed by atoms with Gasteiger partial charge < -0.3 is 10.0 Å². The molecule has 1 aromatic carbocycles. The first-order chi connectivity index (χ1) is 7.41. The van der Waals surface area contributed by atoms with Gasteiger partial charge in [0, 0.05) is 25.9 Å². The third kappa shape index (κ3) is 2.86. The van der Waals surface area contributed by atoms with Gasteiger partial charge in [0.05, 0.1) is 0 Å². The summed E-state index contributed by atoms with van der Waals surface area (Å²) in [5, 5.41) is 8.67. The van der Waals surface area contributed by atoms with Crippen molar-refractivity contribution in [2.45, 2.75) is 13.8 Å². The molecule has 0 radical (unpaired) electrons. The van der Waals surface area contributed by atoms with Crippen LogP contribution >= 0.6 is 0 Å². The van der Waals surface area contributed by atoms with Crippen LogP contribution in [-0.4, -0.2) is 25.2 Å². The second-order valence-electron chi connectivity index (χ2n) is 4.06. The van der Waals surface area contributed by atoms with Gasteiger partial charge >= 0.3 is 5.97 Å². The first-order valence-electron chi connectivity index (χ1n) is 5.11. The summed E-state index contributed by atoms with van der Waals surface area (Å²) in [6.45, 7) is 3.82. The molecule has 1 aromatic rings. The molecule has 0 saturated heterocycles. The number of aryl methyl sites for hydroxylation is 1. The van der Waals surface area contributed by atoms with Crippen LogP contribution in [0.15, 0.2) is 24.3 Å². The number of carbonyl (C=O) groups is 1. The van der Waals surface area contributed by atoms with Gasteiger partial charge in [-0.1, -0.05) is 6.07 Å². The number of benzene rings is 1. The Balaban J connectivity index is 3.11. The molecule has 0 heterocycles. The van der Waals surface area contributed by atoms with Crippen LogP contribution < -0.4 is 4.90 Å². The van der Waals surface area contributed by atoms with E-state index in [-0.39, 0.29) is 0 Å². The normalized spacial score (nSPS) is 11.4. The Bertz CT molecular complexity index is 434. The number of carboxylic acid groups (broad SMARTS) is 1. The quantitative estimate of drug-likeness (QED) is 0.794. The first-order valence-corrected chi connectivity index (χ1v) is 5.11. The molecule has 1 rings (SSSR count). The van der Waals surface area contributed by atoms with Gasteiger partial charge in [-0.05, 0) is 42.7 Å². The van der Waals surface area contributed by atoms with Gasteiger partial charge in [0.1, 0.15) is 0 Å². The largest absolute Gasteiger partial charge is 0.478 e. The van der Waals surface area contributed by atoms with Crippen LogP contribution in [0.1, 0.15) is 18.1 Å². The minimum Gasteiger partial charge on any atom is -0.478 e. The summed E-state index contributed by atoms with van der Waals surface area (Å²) in [6, 6.07) is 5.95. The lowest BCUT2D eigenvalue weighted by Gasteiger charge is -2.16. The van der Waals surface area contributed by atoms with E-state index in [9.17, 15) is 4.79 Å². The highest BCUT2D eigenvalue weighted by atomic mass is 16.4. The topological polar surface area (TPSA) is 40.5 Å². The fourth-order valence-corrected chi connectivity index (χ4v) is 1.67. The number of carboxylic acids is 1. The minimum absolute atomic E-state index is 0.765. The summed E-state index contributed by atoms with van der Waals surface area (Å²) in [4.78, 5) is 12.6. The van der Waals surface area contributed by atoms with Crippen molar-refractivity contribution in [3.05, 3.63) is 35.4 Å². The third-order valence-electron chi connectivity index (χ3n) is 2.47. The molecule has 0 aromatic heterocycles. The molecule has 0 amide bonds. The van der Waals surface area contributed by atoms with Crippen LogP contribution in [0.5, 0.6) is 0 Å². The maximum Gasteiger partial charge on any atom is 0.328 e. The number of allylic oxidation sites excluding steroid dienone is 1. The number of hydrogen-bond acceptors (Lipinski definition) is 2. The van der Waals surface area contributed by atoms with E-state index in [0.29, 0.717) is 0 Å². The molecule has 0 aliphatic heterocycles. The van der Waals surface area contributed by atoms with Crippen molar-refractivity contribution in [3.8, 4) is 0 Å². The van der Waals surface area contributed by atoms with E-state index in [0.717, 1.165) is 22.4 Å². The molecule has 0 bridgehead atoms. The van der Waals surface area contributed by atoms with E-state index in [1.165, 1.54) is 6.08 Å². The molecule has 86 valence electrons. The lowest BCUT2D eigenvalue weighted by Crippen LogP contribution is -2.10. The van der Waals surface area contributed by atoms with Gasteiger partial charge in [-0.15, -0.1) is 0 Å². The predicted molar refractivity (Wildman–Crippen MR) is 66.8 cm³/mol. The van der Waals surface area contributed by atoms with E-state index in [1.54, 1.807) is 6.92 Å². The molecule has 0 spiro atoms. The van der Waals surface area contributed by atoms with E-state index < -0.39 is 5.97 Å². The first kappa shape index (κ1) is 12.3. The van der Waals surface area contributed by atoms with Crippen molar-refractivity contribution in [3.63, 3.8) is 0 Å². The molecule has 0 aliphatic rings. The van der Waals surface area contributed by atoms with Gasteiger partial charge in [0.2, 0.25) is 0 Å². The molecule has 0 atom stereocenters. The molecular formula is C13H17NO2. The van der Waals surface area contributed by atoms with Crippen LogP contribution in [0.2, 0.25) is 0 Å². The van der Waals surface area contributed by atoms with Crippen LogP contribution in [0.4, 0.5) is 5.69 Å². The highest BCUT2D eigenvalue weighted by Gasteiger charge is 2.04. The molecule has 0 saturated carbocycles. The van der Waals surface area contributed by atoms with Crippen LogP contribution in [0, 0.1) is 6.92 Å². The molecule has 0 unspecified atom stereocenters. The molecule has 3 nitrogen and oxygen atoms in total. The maximum atomic E-state index is 10.6. The van der Waals surface area contributed by atoms with E-state index >= 15 is 0 Å². The van der Waals surface area contributed by atoms with Crippen molar-refractivity contribution in [1.82, 2.24) is 0 Å². The SMILES string of the molecule is CC(=CC(=O)O)c1ccc(N(C)C)c(C)c1. The summed E-state index contributed by atoms with van der Waals surface area (Å²) in [7, 11) is 3.98. The summed E-state index contributed by atoms with van der Waals surface area (Å²) < 4.78 is 0. The minimum atomic E-state index is -0.910. The van der Waals surface area contributed by atoms with Crippen molar-refractivity contribution in [1.29, 1.82) is 0 Å². The van der Waals surface area contributed by atoms with Gasteiger partial charge in [-0.2, -0.15) is 0 Å². The van der Waals surface area contributed by atoms with Crippen LogP contribution in [0.25, 0.3) is 5.57 Å². The van der Waals surface area contributed by atoms with Gasteiger partial charge in [-0.3, -0.25) is 0 Å². The van der Waals surface area contributed by atoms with Crippen molar-refractivity contribution in [2.24, 2.45) is 0 Å². The Morgan fingerprint density at radius 2 is 2.00 bits per heavy atom. The van der Waals surface area contributed by atoms with E-state index in [2.05, 4.69) is 0 Å². The molecule has 16 heavy (non-hydrogen) atoms. The number of anilines is 1. The fourth-order valence-electron chi connectivity index (χ4n) is 1.67. The van der Waals surface area contributed by atoms with Crippen molar-refractivity contribution < 1.29 is 9.90 Å². The van der Waals surface area contributed by atoms with E-state index in [4.69, 9.17) is 5.11 Å². The lowest BCUT2D eigenvalue weighted by molar-refractivity contribution is -0.131. The van der Waals surface area contributed by atoms with E-state index in [1.807, 2.05) is 44.1 Å². The second kappa shape index (κ2) is 4.84. The zero-order valence-corrected chi connectivity index (χ0v) is 10.1. The second-order valence-corrected chi connectivity index (χ2v) is 4.06. The Morgan fingerprint density at radius 1 is 1.38 bits per heavy atom. The van der Waals surface area contributed by atoms with Crippen molar-refractivity contribution in [2.75, 3.05) is 19.0 Å². The summed E-state index contributed by atoms with van der Waals surface area (Å²) in [5.74, 6) is -0.910. The van der Waals surface area contributed by atoms with Gasteiger partial charge in [0.25, 0.3) is 0 Å². The van der Waals surface area contributed by atoms with Gasteiger partial charge in [0.15, 0.2) is 0 Å². The number of hydrogen-bond donors (Lipinski definition) is 1. The summed E-state index contributed by atoms with van der Waals surface area (Å²) in [5.41, 5.74) is 4.00. The number of aliphatic carboxylic acids is 1. The average Bonchev–Trinajstić information content (AvgIpc) is 2.15. The standard InChI is InChI=1S/C13H17NO2/c1-9(8-13(15)16)11-5-6-12(14(3)4)10(2)7-11/h5-8H,1-4H3,(H,15,16). The van der Waals surface area contributed by atoms with Crippen molar-refractivity contribution >= 4 is 17.2 Å². The third-order valence-corrected chi connectivity index (χ3v) is 2.47. The Labute approximate surface area is 96.0 Å². The molecule has 0 aliphatic carbocycles. The summed E-state index contributed by atoms with van der Waals surface area (Å²) in [6.07, 6.45) is 1.23. The Kier molecular flexibility index (Phi) is 3.72. The molecule has 0 fully saturated rings. The number of nitrogens with zero attached hydrogens (tertiary/aromatic N) is 1. The lowest BCUT2D eigenvalue weighted by atomic mass is 10.0. The van der Waals surface area contributed by atoms with Crippen LogP contribution in [-0.2, 0) is 4.79 Å². The number of rotatable bonds is 3. The van der Waals surface area contributed by atoms with Gasteiger partial charge in [-0.25, -0.2) is 4.79 Å². The molecule has 1 N–H and O–H groups in total. The zero-order chi connectivity index (χ0) is 12.3. The highest BCUT2D eigenvalue weighted by Crippen LogP contribution is 2.23. The molecule has 3 heteroatoms. The fraction of sp³-hybridized carbons (Fsp3) is 0.308. The monoisotopic (exact) mass is 219 g/mol. The predicted octanol–water partition coefficient (Wildman–Crippen LogP) is 2.55. The average molecular weight is 219 g/mol. The van der Waals surface area contributed by atoms with Crippen LogP contribution in [0.3, 0.4) is 0 Å². The maximum absolute atomic E-state index is 10.6.